The summed E-state index contributed by atoms with van der Waals surface area (Å²) >= 11 is 5.87. The Hall–Kier alpha value is -3.12. The smallest absolute Gasteiger partial charge is 0.312 e. The maximum absolute atomic E-state index is 12.1. The first-order valence-electron chi connectivity index (χ1n) is 7.89. The largest absolute Gasteiger partial charge is 0.459 e. The van der Waals surface area contributed by atoms with Crippen molar-refractivity contribution in [1.82, 2.24) is 10.3 Å². The number of halogens is 1. The van der Waals surface area contributed by atoms with Crippen LogP contribution in [0.2, 0.25) is 5.02 Å². The number of fused-ring (bicyclic) bond motifs is 1. The number of aromatic nitrogens is 2. The third-order valence-corrected chi connectivity index (χ3v) is 4.08. The van der Waals surface area contributed by atoms with Crippen LogP contribution in [0.3, 0.4) is 0 Å². The Balaban J connectivity index is 1.38. The van der Waals surface area contributed by atoms with E-state index in [2.05, 4.69) is 10.3 Å². The predicted molar refractivity (Wildman–Crippen MR) is 94.5 cm³/mol. The van der Waals surface area contributed by atoms with Crippen molar-refractivity contribution >= 4 is 28.5 Å². The van der Waals surface area contributed by atoms with Gasteiger partial charge < -0.3 is 13.8 Å². The molecule has 0 amide bonds. The molecular weight excluding hydrogens is 356 g/mol. The molecule has 0 bridgehead atoms. The zero-order valence-electron chi connectivity index (χ0n) is 13.5. The molecule has 0 aliphatic carbocycles. The van der Waals surface area contributed by atoms with Gasteiger partial charge in [0.15, 0.2) is 11.3 Å². The summed E-state index contributed by atoms with van der Waals surface area (Å²) in [6.07, 6.45) is 0.0267. The number of ether oxygens (including phenoxy) is 1. The van der Waals surface area contributed by atoms with Gasteiger partial charge in [-0.3, -0.25) is 4.79 Å². The summed E-state index contributed by atoms with van der Waals surface area (Å²) in [6, 6.07) is 16.3. The molecule has 6 nitrogen and oxygen atoms in total. The first-order valence-corrected chi connectivity index (χ1v) is 8.27. The van der Waals surface area contributed by atoms with E-state index in [0.29, 0.717) is 27.8 Å². The second-order valence-corrected chi connectivity index (χ2v) is 6.09. The number of nitrogens with zero attached hydrogens (tertiary/aromatic N) is 2. The Labute approximate surface area is 153 Å². The standard InChI is InChI=1S/C19H13ClN2O4/c20-13-7-5-12(6-8-13)18-9-14(21-26-18)11-24-19(23)10-16-15-3-1-2-4-17(15)25-22-16/h1-9H,10-11H2. The molecular formula is C19H13ClN2O4. The number of esters is 1. The van der Waals surface area contributed by atoms with Gasteiger partial charge in [-0.1, -0.05) is 34.0 Å². The van der Waals surface area contributed by atoms with Gasteiger partial charge in [-0.05, 0) is 36.4 Å². The number of carbonyl (C=O) groups is 1. The lowest BCUT2D eigenvalue weighted by molar-refractivity contribution is -0.144. The Morgan fingerprint density at radius 2 is 1.85 bits per heavy atom. The Morgan fingerprint density at radius 1 is 1.04 bits per heavy atom. The van der Waals surface area contributed by atoms with Crippen molar-refractivity contribution in [2.45, 2.75) is 13.0 Å². The van der Waals surface area contributed by atoms with Crippen LogP contribution in [-0.4, -0.2) is 16.3 Å². The fourth-order valence-electron chi connectivity index (χ4n) is 2.54. The van der Waals surface area contributed by atoms with E-state index in [0.717, 1.165) is 10.9 Å². The second kappa shape index (κ2) is 7.01. The number of para-hydroxylation sites is 1. The quantitative estimate of drug-likeness (QED) is 0.485. The van der Waals surface area contributed by atoms with Crippen molar-refractivity contribution in [2.75, 3.05) is 0 Å². The summed E-state index contributed by atoms with van der Waals surface area (Å²) < 4.78 is 15.7. The first kappa shape index (κ1) is 16.4. The summed E-state index contributed by atoms with van der Waals surface area (Å²) in [7, 11) is 0. The summed E-state index contributed by atoms with van der Waals surface area (Å²) in [5.41, 5.74) is 2.55. The SMILES string of the molecule is O=C(Cc1noc2ccccc12)OCc1cc(-c2ccc(Cl)cc2)on1. The van der Waals surface area contributed by atoms with Crippen LogP contribution in [0, 0.1) is 0 Å². The Morgan fingerprint density at radius 3 is 2.69 bits per heavy atom. The molecule has 4 rings (SSSR count). The van der Waals surface area contributed by atoms with E-state index < -0.39 is 5.97 Å². The van der Waals surface area contributed by atoms with Gasteiger partial charge in [-0.15, -0.1) is 0 Å². The fourth-order valence-corrected chi connectivity index (χ4v) is 2.66. The van der Waals surface area contributed by atoms with Gasteiger partial charge in [-0.2, -0.15) is 0 Å². The van der Waals surface area contributed by atoms with Gasteiger partial charge in [0.05, 0.1) is 6.42 Å². The third-order valence-electron chi connectivity index (χ3n) is 3.83. The molecule has 0 saturated heterocycles. The lowest BCUT2D eigenvalue weighted by Gasteiger charge is -2.00. The number of rotatable bonds is 5. The van der Waals surface area contributed by atoms with E-state index >= 15 is 0 Å². The monoisotopic (exact) mass is 368 g/mol. The lowest BCUT2D eigenvalue weighted by Crippen LogP contribution is -2.08. The summed E-state index contributed by atoms with van der Waals surface area (Å²) in [4.78, 5) is 12.1. The highest BCUT2D eigenvalue weighted by atomic mass is 35.5. The highest BCUT2D eigenvalue weighted by Crippen LogP contribution is 2.23. The van der Waals surface area contributed by atoms with Gasteiger partial charge in [-0.25, -0.2) is 0 Å². The highest BCUT2D eigenvalue weighted by Gasteiger charge is 2.14. The van der Waals surface area contributed by atoms with Gasteiger partial charge in [0.25, 0.3) is 0 Å². The molecule has 130 valence electrons. The average Bonchev–Trinajstić information content (AvgIpc) is 3.28. The predicted octanol–water partition coefficient (Wildman–Crippen LogP) is 4.42. The summed E-state index contributed by atoms with van der Waals surface area (Å²) in [5.74, 6) is 0.162. The van der Waals surface area contributed by atoms with Crippen LogP contribution in [0.25, 0.3) is 22.3 Å². The number of carbonyl (C=O) groups excluding carboxylic acids is 1. The summed E-state index contributed by atoms with van der Waals surface area (Å²) in [6.45, 7) is 0.0196. The lowest BCUT2D eigenvalue weighted by atomic mass is 10.1. The van der Waals surface area contributed by atoms with E-state index in [9.17, 15) is 4.79 Å². The number of benzene rings is 2. The van der Waals surface area contributed by atoms with Crippen LogP contribution >= 0.6 is 11.6 Å². The molecule has 4 aromatic rings. The first-order chi connectivity index (χ1) is 12.7. The molecule has 0 radical (unpaired) electrons. The van der Waals surface area contributed by atoms with Crippen molar-refractivity contribution in [1.29, 1.82) is 0 Å². The van der Waals surface area contributed by atoms with Gasteiger partial charge >= 0.3 is 5.97 Å². The van der Waals surface area contributed by atoms with E-state index in [4.69, 9.17) is 25.4 Å². The molecule has 7 heteroatoms. The maximum Gasteiger partial charge on any atom is 0.312 e. The average molecular weight is 369 g/mol. The number of hydrogen-bond donors (Lipinski definition) is 0. The molecule has 0 spiro atoms. The minimum atomic E-state index is -0.417. The van der Waals surface area contributed by atoms with Crippen molar-refractivity contribution in [3.8, 4) is 11.3 Å². The van der Waals surface area contributed by atoms with Gasteiger partial charge in [0.1, 0.15) is 18.0 Å². The maximum atomic E-state index is 12.1. The minimum absolute atomic E-state index is 0.0196. The van der Waals surface area contributed by atoms with Crippen LogP contribution < -0.4 is 0 Å². The molecule has 2 aromatic carbocycles. The molecule has 2 aromatic heterocycles. The van der Waals surface area contributed by atoms with E-state index in [-0.39, 0.29) is 13.0 Å². The van der Waals surface area contributed by atoms with Crippen molar-refractivity contribution < 1.29 is 18.6 Å². The zero-order chi connectivity index (χ0) is 17.9. The van der Waals surface area contributed by atoms with Crippen molar-refractivity contribution in [3.63, 3.8) is 0 Å². The third kappa shape index (κ3) is 3.45. The normalized spacial score (nSPS) is 11.0. The molecule has 0 N–H and O–H groups in total. The van der Waals surface area contributed by atoms with Crippen LogP contribution in [0.4, 0.5) is 0 Å². The zero-order valence-corrected chi connectivity index (χ0v) is 14.3. The van der Waals surface area contributed by atoms with Crippen LogP contribution in [0.5, 0.6) is 0 Å². The van der Waals surface area contributed by atoms with E-state index in [1.807, 2.05) is 30.3 Å². The second-order valence-electron chi connectivity index (χ2n) is 5.65. The molecule has 0 unspecified atom stereocenters. The van der Waals surface area contributed by atoms with Gasteiger partial charge in [0.2, 0.25) is 0 Å². The molecule has 0 aliphatic heterocycles. The van der Waals surface area contributed by atoms with E-state index in [1.54, 1.807) is 24.3 Å². The Kier molecular flexibility index (Phi) is 4.41. The Bertz CT molecular complexity index is 1050. The highest BCUT2D eigenvalue weighted by molar-refractivity contribution is 6.30. The molecule has 2 heterocycles. The van der Waals surface area contributed by atoms with Crippen molar-refractivity contribution in [3.05, 3.63) is 71.0 Å². The number of hydrogen-bond acceptors (Lipinski definition) is 6. The molecule has 26 heavy (non-hydrogen) atoms. The van der Waals surface area contributed by atoms with Crippen LogP contribution in [0.15, 0.2) is 63.6 Å². The van der Waals surface area contributed by atoms with Crippen LogP contribution in [0.1, 0.15) is 11.4 Å². The fraction of sp³-hybridized carbons (Fsp3) is 0.105. The topological polar surface area (TPSA) is 78.4 Å². The molecule has 0 atom stereocenters. The van der Waals surface area contributed by atoms with Crippen LogP contribution in [-0.2, 0) is 22.6 Å². The van der Waals surface area contributed by atoms with E-state index in [1.165, 1.54) is 0 Å². The molecule has 0 fully saturated rings. The molecule has 0 aliphatic rings. The molecule has 0 saturated carbocycles. The summed E-state index contributed by atoms with van der Waals surface area (Å²) in [5, 5.41) is 9.28. The minimum Gasteiger partial charge on any atom is -0.459 e. The van der Waals surface area contributed by atoms with Crippen molar-refractivity contribution in [2.24, 2.45) is 0 Å². The van der Waals surface area contributed by atoms with Gasteiger partial charge in [0, 0.05) is 22.0 Å².